The van der Waals surface area contributed by atoms with E-state index in [1.54, 1.807) is 6.92 Å². The molecule has 0 N–H and O–H groups in total. The normalized spacial score (nSPS) is 56.5. The third-order valence-electron chi connectivity index (χ3n) is 14.0. The summed E-state index contributed by atoms with van der Waals surface area (Å²) in [6.07, 6.45) is 13.7. The van der Waals surface area contributed by atoms with Crippen LogP contribution in [0.4, 0.5) is 0 Å². The fourth-order valence-electron chi connectivity index (χ4n) is 12.0. The number of esters is 2. The summed E-state index contributed by atoms with van der Waals surface area (Å²) in [7, 11) is 0. The summed E-state index contributed by atoms with van der Waals surface area (Å²) >= 11 is 0. The summed E-state index contributed by atoms with van der Waals surface area (Å²) in [6, 6.07) is 0. The Bertz CT molecular complexity index is 1030. The van der Waals surface area contributed by atoms with Crippen LogP contribution in [0.1, 0.15) is 107 Å². The first-order chi connectivity index (χ1) is 16.7. The third-order valence-corrected chi connectivity index (χ3v) is 14.0. The first kappa shape index (κ1) is 25.0. The van der Waals surface area contributed by atoms with Gasteiger partial charge < -0.3 is 9.47 Å². The Balaban J connectivity index is 1.47. The predicted octanol–water partition coefficient (Wildman–Crippen LogP) is 7.11. The van der Waals surface area contributed by atoms with Crippen LogP contribution in [0.25, 0.3) is 0 Å². The summed E-state index contributed by atoms with van der Waals surface area (Å²) in [5, 5.41) is 0. The third kappa shape index (κ3) is 2.68. The van der Waals surface area contributed by atoms with E-state index in [4.69, 9.17) is 9.47 Å². The number of fused-ring (bicyclic) bond motifs is 5. The average molecular weight is 497 g/mol. The Morgan fingerprint density at radius 3 is 2.39 bits per heavy atom. The van der Waals surface area contributed by atoms with Crippen LogP contribution in [0.15, 0.2) is 12.2 Å². The van der Waals surface area contributed by atoms with Crippen molar-refractivity contribution in [2.75, 3.05) is 0 Å². The molecule has 0 aromatic carbocycles. The number of rotatable bonds is 1. The van der Waals surface area contributed by atoms with Crippen LogP contribution in [0.3, 0.4) is 0 Å². The van der Waals surface area contributed by atoms with Crippen molar-refractivity contribution in [1.82, 2.24) is 0 Å². The topological polar surface area (TPSA) is 52.6 Å². The van der Waals surface area contributed by atoms with Crippen molar-refractivity contribution in [2.24, 2.45) is 56.7 Å². The zero-order chi connectivity index (χ0) is 26.1. The van der Waals surface area contributed by atoms with Crippen molar-refractivity contribution in [1.29, 1.82) is 0 Å². The summed E-state index contributed by atoms with van der Waals surface area (Å²) < 4.78 is 12.6. The fourth-order valence-corrected chi connectivity index (χ4v) is 12.0. The maximum Gasteiger partial charge on any atom is 0.310 e. The molecule has 11 atom stereocenters. The SMILES string of the molecule is CC(=O)O[C@H]1CC[C@]2(C)[C@H]3C=C[C@]45OC(=O)[C@@H]6CC[C@](C)(CC[C@@]4(C)[C@]3(C)CC[C@H]2C1(C)C)[C@H]5[C@H]6C. The van der Waals surface area contributed by atoms with Gasteiger partial charge in [-0.2, -0.15) is 0 Å². The van der Waals surface area contributed by atoms with Gasteiger partial charge in [0.2, 0.25) is 0 Å². The zero-order valence-corrected chi connectivity index (χ0v) is 23.9. The van der Waals surface area contributed by atoms with Crippen molar-refractivity contribution in [3.63, 3.8) is 0 Å². The average Bonchev–Trinajstić information content (AvgIpc) is 2.76. The first-order valence-electron chi connectivity index (χ1n) is 14.8. The summed E-state index contributed by atoms with van der Waals surface area (Å²) in [5.74, 6) is 1.66. The molecule has 4 nitrogen and oxygen atoms in total. The van der Waals surface area contributed by atoms with Crippen molar-refractivity contribution in [3.05, 3.63) is 12.2 Å². The second kappa shape index (κ2) is 7.20. The highest BCUT2D eigenvalue weighted by atomic mass is 16.6. The van der Waals surface area contributed by atoms with Crippen LogP contribution >= 0.6 is 0 Å². The fraction of sp³-hybridized carbons (Fsp3) is 0.875. The van der Waals surface area contributed by atoms with Crippen molar-refractivity contribution < 1.29 is 19.1 Å². The molecule has 0 radical (unpaired) electrons. The molecule has 1 spiro atoms. The van der Waals surface area contributed by atoms with Gasteiger partial charge in [-0.15, -0.1) is 0 Å². The number of allylic oxidation sites excluding steroid dienone is 1. The Morgan fingerprint density at radius 2 is 1.69 bits per heavy atom. The first-order valence-corrected chi connectivity index (χ1v) is 14.8. The van der Waals surface area contributed by atoms with Crippen molar-refractivity contribution in [3.8, 4) is 0 Å². The largest absolute Gasteiger partial charge is 0.462 e. The van der Waals surface area contributed by atoms with E-state index in [-0.39, 0.29) is 51.0 Å². The van der Waals surface area contributed by atoms with Gasteiger partial charge in [0.05, 0.1) is 5.92 Å². The lowest BCUT2D eigenvalue weighted by atomic mass is 9.31. The van der Waals surface area contributed by atoms with Crippen LogP contribution in [0, 0.1) is 56.7 Å². The molecule has 0 unspecified atom stereocenters. The minimum absolute atomic E-state index is 0.0124. The van der Waals surface area contributed by atoms with E-state index >= 15 is 0 Å². The number of carbonyl (C=O) groups is 2. The lowest BCUT2D eigenvalue weighted by Crippen LogP contribution is -2.76. The van der Waals surface area contributed by atoms with Crippen LogP contribution in [0.2, 0.25) is 0 Å². The van der Waals surface area contributed by atoms with E-state index in [2.05, 4.69) is 60.6 Å². The highest BCUT2D eigenvalue weighted by Crippen LogP contribution is 2.78. The number of hydrogen-bond donors (Lipinski definition) is 0. The van der Waals surface area contributed by atoms with Crippen LogP contribution in [-0.2, 0) is 19.1 Å². The van der Waals surface area contributed by atoms with E-state index in [9.17, 15) is 9.59 Å². The predicted molar refractivity (Wildman–Crippen MR) is 140 cm³/mol. The molecule has 36 heavy (non-hydrogen) atoms. The Morgan fingerprint density at radius 1 is 0.972 bits per heavy atom. The van der Waals surface area contributed by atoms with E-state index in [0.29, 0.717) is 23.7 Å². The number of ether oxygens (including phenoxy) is 2. The number of carbonyl (C=O) groups excluding carboxylic acids is 2. The minimum Gasteiger partial charge on any atom is -0.462 e. The molecular formula is C32H48O4. The van der Waals surface area contributed by atoms with Crippen LogP contribution in [-0.4, -0.2) is 23.6 Å². The van der Waals surface area contributed by atoms with E-state index in [0.717, 1.165) is 44.9 Å². The molecule has 6 rings (SSSR count). The Kier molecular flexibility index (Phi) is 5.00. The Labute approximate surface area is 218 Å². The van der Waals surface area contributed by atoms with E-state index in [1.165, 1.54) is 6.42 Å². The molecule has 5 fully saturated rings. The second-order valence-corrected chi connectivity index (χ2v) is 15.5. The number of hydrogen-bond acceptors (Lipinski definition) is 4. The van der Waals surface area contributed by atoms with Crippen molar-refractivity contribution >= 4 is 11.9 Å². The molecule has 4 heteroatoms. The zero-order valence-electron chi connectivity index (χ0n) is 23.9. The molecule has 0 amide bonds. The summed E-state index contributed by atoms with van der Waals surface area (Å²) in [4.78, 5) is 25.4. The van der Waals surface area contributed by atoms with Gasteiger partial charge in [0.25, 0.3) is 0 Å². The van der Waals surface area contributed by atoms with Gasteiger partial charge >= 0.3 is 11.9 Å². The van der Waals surface area contributed by atoms with Gasteiger partial charge in [-0.25, -0.2) is 0 Å². The summed E-state index contributed by atoms with van der Waals surface area (Å²) in [5.41, 5.74) is -0.198. The maximum absolute atomic E-state index is 13.5. The van der Waals surface area contributed by atoms with Gasteiger partial charge in [-0.1, -0.05) is 54.5 Å². The van der Waals surface area contributed by atoms with Gasteiger partial charge in [-0.05, 0) is 91.4 Å². The molecule has 200 valence electrons. The molecule has 1 aliphatic heterocycles. The molecule has 5 aliphatic carbocycles. The molecule has 1 saturated heterocycles. The lowest BCUT2D eigenvalue weighted by molar-refractivity contribution is -0.300. The molecule has 2 bridgehead atoms. The molecule has 4 saturated carbocycles. The van der Waals surface area contributed by atoms with Gasteiger partial charge in [0, 0.05) is 23.7 Å². The molecular weight excluding hydrogens is 448 g/mol. The van der Waals surface area contributed by atoms with Crippen molar-refractivity contribution in [2.45, 2.75) is 118 Å². The molecule has 1 heterocycles. The van der Waals surface area contributed by atoms with Gasteiger partial charge in [0.1, 0.15) is 11.7 Å². The highest BCUT2D eigenvalue weighted by Gasteiger charge is 2.77. The maximum atomic E-state index is 13.5. The molecule has 6 aliphatic rings. The van der Waals surface area contributed by atoms with E-state index < -0.39 is 5.60 Å². The molecule has 0 aromatic heterocycles. The van der Waals surface area contributed by atoms with Crippen LogP contribution < -0.4 is 0 Å². The van der Waals surface area contributed by atoms with Gasteiger partial charge in [0.15, 0.2) is 0 Å². The van der Waals surface area contributed by atoms with Gasteiger partial charge in [-0.3, -0.25) is 9.59 Å². The Hall–Kier alpha value is -1.32. The highest BCUT2D eigenvalue weighted by molar-refractivity contribution is 5.75. The smallest absolute Gasteiger partial charge is 0.310 e. The quantitative estimate of drug-likeness (QED) is 0.287. The second-order valence-electron chi connectivity index (χ2n) is 15.5. The molecule has 0 aromatic rings. The summed E-state index contributed by atoms with van der Waals surface area (Å²) in [6.45, 7) is 18.6. The minimum atomic E-state index is -0.494. The van der Waals surface area contributed by atoms with Crippen LogP contribution in [0.5, 0.6) is 0 Å². The monoisotopic (exact) mass is 496 g/mol. The van der Waals surface area contributed by atoms with E-state index in [1.807, 2.05) is 0 Å². The lowest BCUT2D eigenvalue weighted by Gasteiger charge is -2.75. The standard InChI is InChI=1S/C32H48O4/c1-19-21-9-13-28(5)17-18-31(8)30(7)15-10-22-27(3,4)24(35-20(2)33)12-14-29(22,6)23(30)11-16-32(31,25(19)28)36-26(21)34/h11,16,19,21-25H,9-10,12-15,17-18H2,1-8H3/t19-,21+,22-,23+,24-,25+,28+,29-,30+,31-,32+/m0/s1.